The molecule has 0 heterocycles. The van der Waals surface area contributed by atoms with Gasteiger partial charge in [-0.3, -0.25) is 10.1 Å². The molecule has 7 nitrogen and oxygen atoms in total. The summed E-state index contributed by atoms with van der Waals surface area (Å²) in [5, 5.41) is 24.3. The third-order valence-corrected chi connectivity index (χ3v) is 3.97. The van der Waals surface area contributed by atoms with Crippen LogP contribution in [-0.4, -0.2) is 35.3 Å². The minimum Gasteiger partial charge on any atom is -0.465 e. The number of methoxy groups -OCH3 is 1. The average Bonchev–Trinajstić information content (AvgIpc) is 2.47. The predicted octanol–water partition coefficient (Wildman–Crippen LogP) is 2.41. The molecule has 0 radical (unpaired) electrons. The molecule has 0 aliphatic heterocycles. The highest BCUT2D eigenvalue weighted by Crippen LogP contribution is 2.30. The Hall–Kier alpha value is -2.15. The van der Waals surface area contributed by atoms with Gasteiger partial charge in [0.2, 0.25) is 0 Å². The first-order chi connectivity index (χ1) is 10.4. The molecule has 0 spiro atoms. The van der Waals surface area contributed by atoms with E-state index < -0.39 is 17.0 Å². The summed E-state index contributed by atoms with van der Waals surface area (Å²) >= 11 is 0. The van der Waals surface area contributed by atoms with Crippen molar-refractivity contribution in [3.05, 3.63) is 33.4 Å². The van der Waals surface area contributed by atoms with Crippen LogP contribution in [0.15, 0.2) is 12.1 Å². The molecule has 22 heavy (non-hydrogen) atoms. The number of carbonyl (C=O) groups is 1. The van der Waals surface area contributed by atoms with Crippen molar-refractivity contribution in [3.8, 4) is 0 Å². The zero-order valence-corrected chi connectivity index (χ0v) is 12.7. The second-order valence-corrected chi connectivity index (χ2v) is 5.54. The van der Waals surface area contributed by atoms with Gasteiger partial charge in [-0.1, -0.05) is 12.8 Å². The summed E-state index contributed by atoms with van der Waals surface area (Å²) in [6.45, 7) is 1.58. The maximum atomic E-state index is 11.8. The molecule has 7 heteroatoms. The molecular formula is C15H20N2O5. The van der Waals surface area contributed by atoms with Crippen molar-refractivity contribution in [3.63, 3.8) is 0 Å². The van der Waals surface area contributed by atoms with Crippen molar-refractivity contribution in [1.29, 1.82) is 0 Å². The fourth-order valence-electron chi connectivity index (χ4n) is 2.86. The van der Waals surface area contributed by atoms with Gasteiger partial charge < -0.3 is 15.2 Å². The van der Waals surface area contributed by atoms with Gasteiger partial charge in [0.15, 0.2) is 0 Å². The van der Waals surface area contributed by atoms with Gasteiger partial charge in [-0.05, 0) is 31.9 Å². The van der Waals surface area contributed by atoms with Gasteiger partial charge in [0.05, 0.1) is 24.2 Å². The number of carbonyl (C=O) groups excluding carboxylic acids is 1. The third-order valence-electron chi connectivity index (χ3n) is 3.97. The molecule has 120 valence electrons. The second-order valence-electron chi connectivity index (χ2n) is 5.54. The molecule has 1 aromatic rings. The number of esters is 1. The van der Waals surface area contributed by atoms with Crippen LogP contribution >= 0.6 is 0 Å². The topological polar surface area (TPSA) is 102 Å². The van der Waals surface area contributed by atoms with E-state index in [-0.39, 0.29) is 17.3 Å². The highest BCUT2D eigenvalue weighted by molar-refractivity contribution is 5.95. The Morgan fingerprint density at radius 1 is 1.41 bits per heavy atom. The van der Waals surface area contributed by atoms with Crippen molar-refractivity contribution >= 4 is 17.3 Å². The van der Waals surface area contributed by atoms with E-state index in [1.165, 1.54) is 13.2 Å². The van der Waals surface area contributed by atoms with Gasteiger partial charge in [-0.25, -0.2) is 4.79 Å². The summed E-state index contributed by atoms with van der Waals surface area (Å²) in [6.07, 6.45) is 3.11. The van der Waals surface area contributed by atoms with E-state index in [1.54, 1.807) is 13.0 Å². The van der Waals surface area contributed by atoms with Crippen LogP contribution in [0.5, 0.6) is 0 Å². The van der Waals surface area contributed by atoms with Gasteiger partial charge in [-0.15, -0.1) is 0 Å². The number of nitro benzene ring substituents is 1. The number of aliphatic hydroxyl groups excluding tert-OH is 1. The highest BCUT2D eigenvalue weighted by Gasteiger charge is 2.27. The maximum Gasteiger partial charge on any atom is 0.344 e. The minimum atomic E-state index is -0.748. The number of benzene rings is 1. The van der Waals surface area contributed by atoms with Crippen LogP contribution in [0, 0.1) is 17.0 Å². The van der Waals surface area contributed by atoms with Crippen molar-refractivity contribution in [2.75, 3.05) is 12.4 Å². The van der Waals surface area contributed by atoms with Crippen molar-refractivity contribution in [2.45, 2.75) is 44.8 Å². The summed E-state index contributed by atoms with van der Waals surface area (Å²) < 4.78 is 4.63. The maximum absolute atomic E-state index is 11.8. The molecule has 0 bridgehead atoms. The second kappa shape index (κ2) is 6.74. The molecule has 0 aromatic heterocycles. The molecular weight excluding hydrogens is 288 g/mol. The zero-order chi connectivity index (χ0) is 16.3. The Bertz CT molecular complexity index is 588. The number of nitrogens with one attached hydrogen (secondary N) is 1. The molecule has 0 amide bonds. The number of hydrogen-bond acceptors (Lipinski definition) is 6. The Morgan fingerprint density at radius 3 is 2.68 bits per heavy atom. The Morgan fingerprint density at radius 2 is 2.09 bits per heavy atom. The van der Waals surface area contributed by atoms with E-state index in [4.69, 9.17) is 0 Å². The number of nitrogens with zero attached hydrogens (tertiary/aromatic N) is 1. The van der Waals surface area contributed by atoms with E-state index in [1.807, 2.05) is 0 Å². The van der Waals surface area contributed by atoms with E-state index in [9.17, 15) is 20.0 Å². The molecule has 2 rings (SSSR count). The number of aliphatic hydroxyl groups is 1. The van der Waals surface area contributed by atoms with E-state index >= 15 is 0 Å². The van der Waals surface area contributed by atoms with Crippen LogP contribution in [-0.2, 0) is 4.74 Å². The number of anilines is 1. The smallest absolute Gasteiger partial charge is 0.344 e. The Kier molecular flexibility index (Phi) is 4.97. The lowest BCUT2D eigenvalue weighted by Gasteiger charge is -2.29. The number of nitro groups is 1. The van der Waals surface area contributed by atoms with Crippen molar-refractivity contribution in [2.24, 2.45) is 0 Å². The normalized spacial score (nSPS) is 21.2. The molecule has 1 aliphatic carbocycles. The van der Waals surface area contributed by atoms with Gasteiger partial charge in [0.1, 0.15) is 5.56 Å². The first kappa shape index (κ1) is 16.2. The highest BCUT2D eigenvalue weighted by atomic mass is 16.6. The summed E-state index contributed by atoms with van der Waals surface area (Å²) in [6, 6.07) is 2.92. The summed E-state index contributed by atoms with van der Waals surface area (Å²) in [5.41, 5.74) is 0.622. The SMILES string of the molecule is COC(=O)c1cc(N[C@H]2CCCC[C@@H]2O)cc(C)c1[N+](=O)[O-]. The molecule has 1 aromatic carbocycles. The standard InChI is InChI=1S/C15H20N2O5/c1-9-7-10(16-12-5-3-4-6-13(12)18)8-11(15(19)22-2)14(9)17(20)21/h7-8,12-13,16,18H,3-6H2,1-2H3/t12-,13-/m0/s1. The Labute approximate surface area is 128 Å². The monoisotopic (exact) mass is 308 g/mol. The van der Waals surface area contributed by atoms with E-state index in [0.717, 1.165) is 25.7 Å². The average molecular weight is 308 g/mol. The van der Waals surface area contributed by atoms with Crippen LogP contribution in [0.1, 0.15) is 41.6 Å². The fraction of sp³-hybridized carbons (Fsp3) is 0.533. The molecule has 1 aliphatic rings. The first-order valence-corrected chi connectivity index (χ1v) is 7.26. The summed E-state index contributed by atoms with van der Waals surface area (Å²) in [5.74, 6) is -0.748. The summed E-state index contributed by atoms with van der Waals surface area (Å²) in [7, 11) is 1.19. The quantitative estimate of drug-likeness (QED) is 0.503. The molecule has 0 saturated heterocycles. The number of ether oxygens (including phenoxy) is 1. The minimum absolute atomic E-state index is 0.0831. The van der Waals surface area contributed by atoms with Gasteiger partial charge in [0.25, 0.3) is 5.69 Å². The lowest BCUT2D eigenvalue weighted by atomic mass is 9.92. The molecule has 1 saturated carbocycles. The summed E-state index contributed by atoms with van der Waals surface area (Å²) in [4.78, 5) is 22.4. The van der Waals surface area contributed by atoms with Gasteiger partial charge in [-0.2, -0.15) is 0 Å². The van der Waals surface area contributed by atoms with Crippen LogP contribution in [0.3, 0.4) is 0 Å². The van der Waals surface area contributed by atoms with E-state index in [2.05, 4.69) is 10.1 Å². The van der Waals surface area contributed by atoms with Gasteiger partial charge in [0, 0.05) is 11.3 Å². The van der Waals surface area contributed by atoms with Gasteiger partial charge >= 0.3 is 5.97 Å². The van der Waals surface area contributed by atoms with Crippen molar-refractivity contribution in [1.82, 2.24) is 0 Å². The lowest BCUT2D eigenvalue weighted by molar-refractivity contribution is -0.385. The third kappa shape index (κ3) is 3.36. The van der Waals surface area contributed by atoms with Crippen LogP contribution in [0.25, 0.3) is 0 Å². The van der Waals surface area contributed by atoms with Crippen LogP contribution < -0.4 is 5.32 Å². The molecule has 0 unspecified atom stereocenters. The first-order valence-electron chi connectivity index (χ1n) is 7.26. The number of hydrogen-bond donors (Lipinski definition) is 2. The molecule has 1 fully saturated rings. The van der Waals surface area contributed by atoms with Crippen LogP contribution in [0.2, 0.25) is 0 Å². The zero-order valence-electron chi connectivity index (χ0n) is 12.7. The van der Waals surface area contributed by atoms with E-state index in [0.29, 0.717) is 11.3 Å². The molecule has 2 N–H and O–H groups in total. The number of aryl methyl sites for hydroxylation is 1. The Balaban J connectivity index is 2.35. The predicted molar refractivity (Wildman–Crippen MR) is 81.1 cm³/mol. The largest absolute Gasteiger partial charge is 0.465 e. The lowest BCUT2D eigenvalue weighted by Crippen LogP contribution is -2.36. The molecule has 2 atom stereocenters. The van der Waals surface area contributed by atoms with Crippen LogP contribution in [0.4, 0.5) is 11.4 Å². The number of rotatable bonds is 4. The fourth-order valence-corrected chi connectivity index (χ4v) is 2.86. The van der Waals surface area contributed by atoms with Crippen molar-refractivity contribution < 1.29 is 19.6 Å².